The standard InChI is InChI=1S/C19H26N4O.ClH/c1-13-8-9-20-11-18(13)21-19(24)17-6-4-16(5-7-17)12-23-15(3)10-14(2)22-23;/h4-7,10,13,18,20H,8-9,11-12H2,1-3H3,(H,21,24);1H. The van der Waals surface area contributed by atoms with E-state index in [0.717, 1.165) is 43.0 Å². The van der Waals surface area contributed by atoms with Crippen molar-refractivity contribution < 1.29 is 4.79 Å². The average Bonchev–Trinajstić information content (AvgIpc) is 2.88. The van der Waals surface area contributed by atoms with Crippen molar-refractivity contribution in [1.82, 2.24) is 20.4 Å². The van der Waals surface area contributed by atoms with Gasteiger partial charge in [0.15, 0.2) is 0 Å². The van der Waals surface area contributed by atoms with E-state index in [4.69, 9.17) is 0 Å². The monoisotopic (exact) mass is 362 g/mol. The highest BCUT2D eigenvalue weighted by Gasteiger charge is 2.22. The van der Waals surface area contributed by atoms with Gasteiger partial charge < -0.3 is 10.6 Å². The minimum atomic E-state index is 0. The van der Waals surface area contributed by atoms with Crippen LogP contribution in [0.1, 0.15) is 40.7 Å². The zero-order valence-corrected chi connectivity index (χ0v) is 15.9. The highest BCUT2D eigenvalue weighted by Crippen LogP contribution is 2.13. The fraction of sp³-hybridized carbons (Fsp3) is 0.474. The molecule has 2 atom stereocenters. The van der Waals surface area contributed by atoms with E-state index in [9.17, 15) is 4.79 Å². The summed E-state index contributed by atoms with van der Waals surface area (Å²) in [6, 6.07) is 10.1. The third-order valence-corrected chi connectivity index (χ3v) is 4.80. The highest BCUT2D eigenvalue weighted by atomic mass is 35.5. The van der Waals surface area contributed by atoms with Crippen molar-refractivity contribution in [2.75, 3.05) is 13.1 Å². The van der Waals surface area contributed by atoms with E-state index in [0.29, 0.717) is 11.5 Å². The first-order valence-electron chi connectivity index (χ1n) is 8.64. The molecule has 2 unspecified atom stereocenters. The predicted octanol–water partition coefficient (Wildman–Crippen LogP) is 2.70. The molecular weight excluding hydrogens is 336 g/mol. The van der Waals surface area contributed by atoms with E-state index in [1.807, 2.05) is 35.9 Å². The van der Waals surface area contributed by atoms with Gasteiger partial charge in [-0.25, -0.2) is 0 Å². The van der Waals surface area contributed by atoms with Crippen LogP contribution in [0.25, 0.3) is 0 Å². The van der Waals surface area contributed by atoms with Gasteiger partial charge in [0.05, 0.1) is 12.2 Å². The molecule has 1 aliphatic heterocycles. The van der Waals surface area contributed by atoms with Gasteiger partial charge in [0.2, 0.25) is 0 Å². The van der Waals surface area contributed by atoms with Gasteiger partial charge in [-0.1, -0.05) is 19.1 Å². The summed E-state index contributed by atoms with van der Waals surface area (Å²) < 4.78 is 1.99. The van der Waals surface area contributed by atoms with Gasteiger partial charge in [-0.15, -0.1) is 12.4 Å². The molecule has 1 fully saturated rings. The molecule has 1 aromatic carbocycles. The van der Waals surface area contributed by atoms with Crippen LogP contribution in [0.15, 0.2) is 30.3 Å². The lowest BCUT2D eigenvalue weighted by Gasteiger charge is -2.30. The Morgan fingerprint density at radius 3 is 2.64 bits per heavy atom. The fourth-order valence-corrected chi connectivity index (χ4v) is 3.20. The van der Waals surface area contributed by atoms with Crippen molar-refractivity contribution in [3.05, 3.63) is 52.8 Å². The Morgan fingerprint density at radius 1 is 1.32 bits per heavy atom. The van der Waals surface area contributed by atoms with Crippen LogP contribution in [0, 0.1) is 19.8 Å². The number of hydrogen-bond donors (Lipinski definition) is 2. The van der Waals surface area contributed by atoms with Crippen molar-refractivity contribution in [3.63, 3.8) is 0 Å². The molecule has 1 aromatic heterocycles. The first-order valence-corrected chi connectivity index (χ1v) is 8.64. The Bertz CT molecular complexity index is 711. The maximum Gasteiger partial charge on any atom is 0.251 e. The molecule has 2 heterocycles. The number of halogens is 1. The van der Waals surface area contributed by atoms with Crippen molar-refractivity contribution in [3.8, 4) is 0 Å². The second kappa shape index (κ2) is 8.50. The quantitative estimate of drug-likeness (QED) is 0.879. The second-order valence-electron chi connectivity index (χ2n) is 6.83. The van der Waals surface area contributed by atoms with Crippen LogP contribution in [0.4, 0.5) is 0 Å². The van der Waals surface area contributed by atoms with Crippen LogP contribution >= 0.6 is 12.4 Å². The van der Waals surface area contributed by atoms with Gasteiger partial charge in [-0.2, -0.15) is 5.10 Å². The first-order chi connectivity index (χ1) is 11.5. The predicted molar refractivity (Wildman–Crippen MR) is 102 cm³/mol. The molecule has 0 saturated carbocycles. The van der Waals surface area contributed by atoms with Gasteiger partial charge in [0.1, 0.15) is 0 Å². The van der Waals surface area contributed by atoms with Crippen LogP contribution in [-0.4, -0.2) is 34.8 Å². The molecule has 0 radical (unpaired) electrons. The number of carbonyl (C=O) groups is 1. The number of hydrogen-bond acceptors (Lipinski definition) is 3. The number of amides is 1. The van der Waals surface area contributed by atoms with Gasteiger partial charge in [0.25, 0.3) is 5.91 Å². The number of carbonyl (C=O) groups excluding carboxylic acids is 1. The fourth-order valence-electron chi connectivity index (χ4n) is 3.20. The minimum absolute atomic E-state index is 0. The SMILES string of the molecule is Cc1cc(C)n(Cc2ccc(C(=O)NC3CNCCC3C)cc2)n1.Cl. The zero-order chi connectivity index (χ0) is 17.1. The Balaban J connectivity index is 0.00000225. The average molecular weight is 363 g/mol. The normalized spacial score (nSPS) is 20.0. The highest BCUT2D eigenvalue weighted by molar-refractivity contribution is 5.94. The summed E-state index contributed by atoms with van der Waals surface area (Å²) in [7, 11) is 0. The third-order valence-electron chi connectivity index (χ3n) is 4.80. The summed E-state index contributed by atoms with van der Waals surface area (Å²) in [5, 5.41) is 11.0. The Morgan fingerprint density at radius 2 is 2.04 bits per heavy atom. The maximum absolute atomic E-state index is 12.4. The summed E-state index contributed by atoms with van der Waals surface area (Å²) in [6.07, 6.45) is 1.10. The van der Waals surface area contributed by atoms with Gasteiger partial charge >= 0.3 is 0 Å². The Kier molecular flexibility index (Phi) is 6.62. The topological polar surface area (TPSA) is 59.0 Å². The molecule has 2 N–H and O–H groups in total. The van der Waals surface area contributed by atoms with E-state index < -0.39 is 0 Å². The number of aryl methyl sites for hydroxylation is 2. The lowest BCUT2D eigenvalue weighted by atomic mass is 9.94. The number of piperidine rings is 1. The van der Waals surface area contributed by atoms with Crippen molar-refractivity contribution in [1.29, 1.82) is 0 Å². The van der Waals surface area contributed by atoms with Crippen molar-refractivity contribution in [2.24, 2.45) is 5.92 Å². The van der Waals surface area contributed by atoms with Crippen LogP contribution in [0.3, 0.4) is 0 Å². The molecule has 5 nitrogen and oxygen atoms in total. The lowest BCUT2D eigenvalue weighted by Crippen LogP contribution is -2.50. The molecule has 1 amide bonds. The molecular formula is C19H27ClN4O. The molecule has 136 valence electrons. The summed E-state index contributed by atoms with van der Waals surface area (Å²) in [4.78, 5) is 12.4. The largest absolute Gasteiger partial charge is 0.348 e. The van der Waals surface area contributed by atoms with Gasteiger partial charge in [0, 0.05) is 23.8 Å². The summed E-state index contributed by atoms with van der Waals surface area (Å²) in [6.45, 7) is 8.87. The van der Waals surface area contributed by atoms with Crippen molar-refractivity contribution >= 4 is 18.3 Å². The summed E-state index contributed by atoms with van der Waals surface area (Å²) >= 11 is 0. The molecule has 0 spiro atoms. The summed E-state index contributed by atoms with van der Waals surface area (Å²) in [5.74, 6) is 0.522. The number of aromatic nitrogens is 2. The Hall–Kier alpha value is -1.85. The van der Waals surface area contributed by atoms with E-state index >= 15 is 0 Å². The molecule has 3 rings (SSSR count). The van der Waals surface area contributed by atoms with Crippen LogP contribution in [0.2, 0.25) is 0 Å². The maximum atomic E-state index is 12.4. The minimum Gasteiger partial charge on any atom is -0.348 e. The van der Waals surface area contributed by atoms with E-state index in [2.05, 4.69) is 35.6 Å². The molecule has 6 heteroatoms. The summed E-state index contributed by atoms with van der Waals surface area (Å²) in [5.41, 5.74) is 4.03. The molecule has 1 aliphatic rings. The van der Waals surface area contributed by atoms with E-state index in [-0.39, 0.29) is 24.4 Å². The Labute approximate surface area is 155 Å². The zero-order valence-electron chi connectivity index (χ0n) is 15.1. The van der Waals surface area contributed by atoms with E-state index in [1.54, 1.807) is 0 Å². The van der Waals surface area contributed by atoms with E-state index in [1.165, 1.54) is 0 Å². The van der Waals surface area contributed by atoms with Crippen LogP contribution in [-0.2, 0) is 6.54 Å². The molecule has 0 aliphatic carbocycles. The third kappa shape index (κ3) is 4.83. The van der Waals surface area contributed by atoms with Crippen LogP contribution in [0.5, 0.6) is 0 Å². The van der Waals surface area contributed by atoms with Gasteiger partial charge in [-0.3, -0.25) is 9.48 Å². The molecule has 25 heavy (non-hydrogen) atoms. The molecule has 1 saturated heterocycles. The van der Waals surface area contributed by atoms with Crippen molar-refractivity contribution in [2.45, 2.75) is 39.8 Å². The number of rotatable bonds is 4. The number of nitrogens with zero attached hydrogens (tertiary/aromatic N) is 2. The number of nitrogens with one attached hydrogen (secondary N) is 2. The smallest absolute Gasteiger partial charge is 0.251 e. The molecule has 0 bridgehead atoms. The molecule has 2 aromatic rings. The second-order valence-corrected chi connectivity index (χ2v) is 6.83. The first kappa shape index (κ1) is 19.5. The lowest BCUT2D eigenvalue weighted by molar-refractivity contribution is 0.0915. The number of benzene rings is 1. The van der Waals surface area contributed by atoms with Crippen LogP contribution < -0.4 is 10.6 Å². The van der Waals surface area contributed by atoms with Gasteiger partial charge in [-0.05, 0) is 56.5 Å².